The molecule has 3 aromatic rings. The van der Waals surface area contributed by atoms with Gasteiger partial charge in [0.25, 0.3) is 0 Å². The molecule has 1 saturated carbocycles. The Morgan fingerprint density at radius 1 is 1.04 bits per heavy atom. The van der Waals surface area contributed by atoms with Gasteiger partial charge >= 0.3 is 0 Å². The molecule has 1 aliphatic heterocycles. The highest BCUT2D eigenvalue weighted by Crippen LogP contribution is 2.39. The topological polar surface area (TPSA) is 75.3 Å². The number of hydrogen-bond donors (Lipinski definition) is 1. The van der Waals surface area contributed by atoms with Crippen LogP contribution in [0.2, 0.25) is 0 Å². The molecule has 3 heterocycles. The van der Waals surface area contributed by atoms with Crippen LogP contribution in [-0.2, 0) is 6.61 Å². The number of aromatic nitrogens is 3. The second-order valence-corrected chi connectivity index (χ2v) is 8.00. The maximum absolute atomic E-state index is 9.52. The average molecular weight is 378 g/mol. The molecule has 5 rings (SSSR count). The van der Waals surface area contributed by atoms with Gasteiger partial charge in [0.1, 0.15) is 11.2 Å². The Morgan fingerprint density at radius 3 is 2.64 bits per heavy atom. The van der Waals surface area contributed by atoms with Gasteiger partial charge < -0.3 is 14.5 Å². The zero-order valence-corrected chi connectivity index (χ0v) is 16.1. The van der Waals surface area contributed by atoms with E-state index in [1.807, 2.05) is 24.3 Å². The number of aliphatic hydroxyl groups excluding tert-OH is 1. The lowest BCUT2D eigenvalue weighted by Crippen LogP contribution is -2.30. The van der Waals surface area contributed by atoms with Crippen molar-refractivity contribution in [3.63, 3.8) is 0 Å². The minimum atomic E-state index is 0.00958. The number of anilines is 1. The predicted octanol–water partition coefficient (Wildman–Crippen LogP) is 4.43. The molecule has 0 spiro atoms. The molecule has 1 aliphatic carbocycles. The van der Waals surface area contributed by atoms with Gasteiger partial charge in [-0.2, -0.15) is 0 Å². The molecule has 2 aliphatic rings. The summed E-state index contributed by atoms with van der Waals surface area (Å²) in [6.45, 7) is 1.99. The zero-order chi connectivity index (χ0) is 18.9. The molecule has 0 amide bonds. The molecule has 0 unspecified atom stereocenters. The summed E-state index contributed by atoms with van der Waals surface area (Å²) in [5.41, 5.74) is 4.37. The third-order valence-corrected chi connectivity index (χ3v) is 6.09. The molecule has 0 atom stereocenters. The van der Waals surface area contributed by atoms with Crippen LogP contribution in [0.4, 0.5) is 5.82 Å². The molecule has 2 aromatic heterocycles. The van der Waals surface area contributed by atoms with Gasteiger partial charge in [-0.15, -0.1) is 0 Å². The Kier molecular flexibility index (Phi) is 4.72. The molecule has 6 heteroatoms. The maximum Gasteiger partial charge on any atom is 0.227 e. The Balaban J connectivity index is 1.67. The first-order chi connectivity index (χ1) is 13.8. The summed E-state index contributed by atoms with van der Waals surface area (Å²) >= 11 is 0. The maximum atomic E-state index is 9.52. The highest BCUT2D eigenvalue weighted by molar-refractivity contribution is 5.88. The predicted molar refractivity (Wildman–Crippen MR) is 108 cm³/mol. The van der Waals surface area contributed by atoms with Gasteiger partial charge in [0.2, 0.25) is 5.58 Å². The van der Waals surface area contributed by atoms with E-state index >= 15 is 0 Å². The summed E-state index contributed by atoms with van der Waals surface area (Å²) in [6.07, 6.45) is 8.40. The van der Waals surface area contributed by atoms with Crippen molar-refractivity contribution in [2.45, 2.75) is 57.5 Å². The van der Waals surface area contributed by atoms with Crippen LogP contribution in [0.25, 0.3) is 22.5 Å². The molecule has 1 aromatic carbocycles. The number of hydrogen-bond acceptors (Lipinski definition) is 6. The molecular weight excluding hydrogens is 352 g/mol. The van der Waals surface area contributed by atoms with Gasteiger partial charge in [-0.25, -0.2) is 9.97 Å². The molecule has 1 saturated heterocycles. The van der Waals surface area contributed by atoms with E-state index < -0.39 is 0 Å². The zero-order valence-electron chi connectivity index (χ0n) is 16.1. The fourth-order valence-corrected chi connectivity index (χ4v) is 4.56. The molecule has 1 N–H and O–H groups in total. The molecule has 146 valence electrons. The second-order valence-electron chi connectivity index (χ2n) is 8.00. The van der Waals surface area contributed by atoms with Gasteiger partial charge in [-0.3, -0.25) is 0 Å². The second kappa shape index (κ2) is 7.51. The van der Waals surface area contributed by atoms with Crippen molar-refractivity contribution in [3.8, 4) is 11.4 Å². The fraction of sp³-hybridized carbons (Fsp3) is 0.500. The van der Waals surface area contributed by atoms with Crippen molar-refractivity contribution >= 4 is 16.9 Å². The van der Waals surface area contributed by atoms with Crippen molar-refractivity contribution in [2.75, 3.05) is 18.0 Å². The van der Waals surface area contributed by atoms with Gasteiger partial charge in [0.05, 0.1) is 6.61 Å². The summed E-state index contributed by atoms with van der Waals surface area (Å²) in [5, 5.41) is 14.0. The molecule has 6 nitrogen and oxygen atoms in total. The number of rotatable bonds is 4. The minimum absolute atomic E-state index is 0.00958. The SMILES string of the molecule is OCc1cccc(-c2nc(N3CCCCC3)c3onc(C4CCCC4)c3n2)c1. The Morgan fingerprint density at radius 2 is 1.86 bits per heavy atom. The van der Waals surface area contributed by atoms with Crippen molar-refractivity contribution in [3.05, 3.63) is 35.5 Å². The van der Waals surface area contributed by atoms with Crippen LogP contribution < -0.4 is 4.90 Å². The van der Waals surface area contributed by atoms with Crippen LogP contribution >= 0.6 is 0 Å². The summed E-state index contributed by atoms with van der Waals surface area (Å²) in [4.78, 5) is 12.1. The van der Waals surface area contributed by atoms with E-state index in [9.17, 15) is 5.11 Å². The summed E-state index contributed by atoms with van der Waals surface area (Å²) in [7, 11) is 0. The molecular formula is C22H26N4O2. The number of fused-ring (bicyclic) bond motifs is 1. The van der Waals surface area contributed by atoms with Crippen LogP contribution in [0.15, 0.2) is 28.8 Å². The average Bonchev–Trinajstić information content (AvgIpc) is 3.43. The molecule has 0 radical (unpaired) electrons. The Hall–Kier alpha value is -2.47. The summed E-state index contributed by atoms with van der Waals surface area (Å²) < 4.78 is 5.82. The smallest absolute Gasteiger partial charge is 0.227 e. The lowest BCUT2D eigenvalue weighted by atomic mass is 10.0. The number of piperidine rings is 1. The van der Waals surface area contributed by atoms with Crippen LogP contribution in [0.5, 0.6) is 0 Å². The third-order valence-electron chi connectivity index (χ3n) is 6.09. The largest absolute Gasteiger partial charge is 0.392 e. The Labute approximate surface area is 164 Å². The van der Waals surface area contributed by atoms with E-state index in [0.29, 0.717) is 11.7 Å². The van der Waals surface area contributed by atoms with E-state index in [4.69, 9.17) is 14.5 Å². The lowest BCUT2D eigenvalue weighted by molar-refractivity contribution is 0.282. The van der Waals surface area contributed by atoms with Crippen LogP contribution in [0.1, 0.15) is 62.1 Å². The van der Waals surface area contributed by atoms with Gasteiger partial charge in [0, 0.05) is 24.6 Å². The van der Waals surface area contributed by atoms with E-state index in [0.717, 1.165) is 59.7 Å². The molecule has 0 bridgehead atoms. The first kappa shape index (κ1) is 17.6. The van der Waals surface area contributed by atoms with Gasteiger partial charge in [-0.1, -0.05) is 36.2 Å². The minimum Gasteiger partial charge on any atom is -0.392 e. The standard InChI is InChI=1S/C22H26N4O2/c27-14-15-7-6-10-17(13-15)21-23-19-18(16-8-2-3-9-16)25-28-20(19)22(24-21)26-11-4-1-5-12-26/h6-7,10,13,16,27H,1-5,8-9,11-12,14H2. The quantitative estimate of drug-likeness (QED) is 0.724. The van der Waals surface area contributed by atoms with E-state index in [2.05, 4.69) is 10.1 Å². The van der Waals surface area contributed by atoms with Crippen LogP contribution in [0.3, 0.4) is 0 Å². The Bertz CT molecular complexity index is 972. The number of benzene rings is 1. The van der Waals surface area contributed by atoms with Crippen molar-refractivity contribution in [1.82, 2.24) is 15.1 Å². The monoisotopic (exact) mass is 378 g/mol. The highest BCUT2D eigenvalue weighted by Gasteiger charge is 2.28. The fourth-order valence-electron chi connectivity index (χ4n) is 4.56. The first-order valence-electron chi connectivity index (χ1n) is 10.5. The van der Waals surface area contributed by atoms with Crippen LogP contribution in [0, 0.1) is 0 Å². The van der Waals surface area contributed by atoms with E-state index in [1.54, 1.807) is 0 Å². The van der Waals surface area contributed by atoms with Crippen molar-refractivity contribution in [1.29, 1.82) is 0 Å². The van der Waals surface area contributed by atoms with Gasteiger partial charge in [-0.05, 0) is 43.7 Å². The van der Waals surface area contributed by atoms with E-state index in [1.165, 1.54) is 32.1 Å². The molecule has 28 heavy (non-hydrogen) atoms. The summed E-state index contributed by atoms with van der Waals surface area (Å²) in [5.74, 6) is 1.98. The van der Waals surface area contributed by atoms with E-state index in [-0.39, 0.29) is 6.61 Å². The van der Waals surface area contributed by atoms with Gasteiger partial charge in [0.15, 0.2) is 11.6 Å². The molecule has 2 fully saturated rings. The number of aliphatic hydroxyl groups is 1. The first-order valence-corrected chi connectivity index (χ1v) is 10.5. The van der Waals surface area contributed by atoms with Crippen molar-refractivity contribution in [2.24, 2.45) is 0 Å². The highest BCUT2D eigenvalue weighted by atomic mass is 16.5. The van der Waals surface area contributed by atoms with Crippen molar-refractivity contribution < 1.29 is 9.63 Å². The number of nitrogens with zero attached hydrogens (tertiary/aromatic N) is 4. The summed E-state index contributed by atoms with van der Waals surface area (Å²) in [6, 6.07) is 7.82. The lowest BCUT2D eigenvalue weighted by Gasteiger charge is -2.27. The van der Waals surface area contributed by atoms with Crippen LogP contribution in [-0.4, -0.2) is 33.3 Å². The third kappa shape index (κ3) is 3.15. The normalized spacial score (nSPS) is 18.2.